The van der Waals surface area contributed by atoms with Gasteiger partial charge in [0.1, 0.15) is 0 Å². The van der Waals surface area contributed by atoms with Gasteiger partial charge in [-0.1, -0.05) is 29.8 Å². The van der Waals surface area contributed by atoms with Crippen molar-refractivity contribution in [3.8, 4) is 11.1 Å². The Kier molecular flexibility index (Phi) is 4.47. The third-order valence-electron chi connectivity index (χ3n) is 2.98. The minimum Gasteiger partial charge on any atom is -0.369 e. The third-order valence-corrected chi connectivity index (χ3v) is 2.98. The van der Waals surface area contributed by atoms with Crippen molar-refractivity contribution in [3.63, 3.8) is 0 Å². The van der Waals surface area contributed by atoms with Crippen LogP contribution in [0, 0.1) is 17.0 Å². The van der Waals surface area contributed by atoms with Crippen LogP contribution < -0.4 is 11.5 Å². The molecule has 0 saturated carbocycles. The highest BCUT2D eigenvalue weighted by atomic mass is 16.6. The van der Waals surface area contributed by atoms with E-state index in [1.807, 2.05) is 31.2 Å². The second-order valence-electron chi connectivity index (χ2n) is 4.67. The summed E-state index contributed by atoms with van der Waals surface area (Å²) >= 11 is 0. The largest absolute Gasteiger partial charge is 0.369 e. The molecule has 0 aliphatic carbocycles. The molecular formula is C15H15N5O2. The van der Waals surface area contributed by atoms with E-state index in [-0.39, 0.29) is 11.6 Å². The highest BCUT2D eigenvalue weighted by molar-refractivity contribution is 5.88. The Hall–Kier alpha value is -3.22. The second-order valence-corrected chi connectivity index (χ2v) is 4.67. The van der Waals surface area contributed by atoms with E-state index < -0.39 is 4.92 Å². The summed E-state index contributed by atoms with van der Waals surface area (Å²) in [7, 11) is 0. The van der Waals surface area contributed by atoms with Crippen LogP contribution in [0.5, 0.6) is 0 Å². The fraction of sp³-hybridized carbons (Fsp3) is 0.0667. The van der Waals surface area contributed by atoms with Gasteiger partial charge in [-0.25, -0.2) is 0 Å². The first-order valence-corrected chi connectivity index (χ1v) is 6.45. The molecule has 0 radical (unpaired) electrons. The smallest absolute Gasteiger partial charge is 0.278 e. The summed E-state index contributed by atoms with van der Waals surface area (Å²) in [5, 5.41) is 18.2. The number of aryl methyl sites for hydroxylation is 1. The van der Waals surface area contributed by atoms with Gasteiger partial charge in [0.15, 0.2) is 0 Å². The van der Waals surface area contributed by atoms with Crippen molar-refractivity contribution >= 4 is 17.9 Å². The number of nitro groups is 1. The average molecular weight is 297 g/mol. The maximum Gasteiger partial charge on any atom is 0.278 e. The van der Waals surface area contributed by atoms with Gasteiger partial charge in [-0.3, -0.25) is 10.1 Å². The monoisotopic (exact) mass is 297 g/mol. The molecule has 22 heavy (non-hydrogen) atoms. The summed E-state index contributed by atoms with van der Waals surface area (Å²) in [5.74, 6) is -0.214. The highest BCUT2D eigenvalue weighted by Gasteiger charge is 2.13. The van der Waals surface area contributed by atoms with E-state index in [1.54, 1.807) is 12.1 Å². The van der Waals surface area contributed by atoms with Crippen molar-refractivity contribution in [2.45, 2.75) is 6.92 Å². The zero-order valence-electron chi connectivity index (χ0n) is 11.9. The molecule has 7 heteroatoms. The molecule has 0 aliphatic rings. The van der Waals surface area contributed by atoms with Crippen LogP contribution in [0.25, 0.3) is 11.1 Å². The Balaban J connectivity index is 2.46. The van der Waals surface area contributed by atoms with Crippen molar-refractivity contribution in [2.24, 2.45) is 21.7 Å². The number of rotatable bonds is 4. The molecule has 0 bridgehead atoms. The second kappa shape index (κ2) is 6.49. The van der Waals surface area contributed by atoms with Gasteiger partial charge in [0, 0.05) is 6.07 Å². The number of guanidine groups is 1. The molecule has 0 amide bonds. The van der Waals surface area contributed by atoms with Crippen LogP contribution >= 0.6 is 0 Å². The van der Waals surface area contributed by atoms with Crippen molar-refractivity contribution in [1.29, 1.82) is 0 Å². The number of nitrogens with zero attached hydrogens (tertiary/aromatic N) is 3. The van der Waals surface area contributed by atoms with Crippen LogP contribution in [-0.2, 0) is 0 Å². The van der Waals surface area contributed by atoms with E-state index in [0.717, 1.165) is 16.7 Å². The lowest BCUT2D eigenvalue weighted by atomic mass is 10.0. The highest BCUT2D eigenvalue weighted by Crippen LogP contribution is 2.26. The van der Waals surface area contributed by atoms with Crippen LogP contribution in [-0.4, -0.2) is 17.1 Å². The first kappa shape index (κ1) is 15.2. The van der Waals surface area contributed by atoms with Crippen LogP contribution in [0.4, 0.5) is 5.69 Å². The minimum absolute atomic E-state index is 0.0644. The van der Waals surface area contributed by atoms with Crippen LogP contribution in [0.15, 0.2) is 52.7 Å². The predicted molar refractivity (Wildman–Crippen MR) is 86.7 cm³/mol. The van der Waals surface area contributed by atoms with Gasteiger partial charge in [0.2, 0.25) is 5.96 Å². The molecule has 2 aromatic carbocycles. The van der Waals surface area contributed by atoms with Gasteiger partial charge in [-0.2, -0.15) is 5.10 Å². The van der Waals surface area contributed by atoms with Crippen molar-refractivity contribution in [1.82, 2.24) is 0 Å². The topological polar surface area (TPSA) is 120 Å². The Morgan fingerprint density at radius 3 is 2.36 bits per heavy atom. The molecule has 0 aliphatic heterocycles. The van der Waals surface area contributed by atoms with Crippen LogP contribution in [0.1, 0.15) is 11.1 Å². The molecule has 0 spiro atoms. The third kappa shape index (κ3) is 3.66. The van der Waals surface area contributed by atoms with Gasteiger partial charge in [0.05, 0.1) is 16.7 Å². The Labute approximate surface area is 127 Å². The Morgan fingerprint density at radius 2 is 1.77 bits per heavy atom. The fourth-order valence-corrected chi connectivity index (χ4v) is 1.91. The molecule has 112 valence electrons. The molecule has 0 saturated heterocycles. The molecule has 0 aromatic heterocycles. The molecule has 4 N–H and O–H groups in total. The fourth-order valence-electron chi connectivity index (χ4n) is 1.91. The van der Waals surface area contributed by atoms with Crippen LogP contribution in [0.2, 0.25) is 0 Å². The van der Waals surface area contributed by atoms with E-state index in [9.17, 15) is 10.1 Å². The summed E-state index contributed by atoms with van der Waals surface area (Å²) in [4.78, 5) is 10.6. The summed E-state index contributed by atoms with van der Waals surface area (Å²) in [6.45, 7) is 1.99. The Morgan fingerprint density at radius 1 is 1.14 bits per heavy atom. The molecule has 0 fully saturated rings. The molecule has 2 rings (SSSR count). The zero-order chi connectivity index (χ0) is 16.1. The molecule has 0 heterocycles. The first-order chi connectivity index (χ1) is 10.5. The Bertz CT molecular complexity index is 747. The van der Waals surface area contributed by atoms with Gasteiger partial charge >= 0.3 is 0 Å². The predicted octanol–water partition coefficient (Wildman–Crippen LogP) is 2.18. The molecular weight excluding hydrogens is 282 g/mol. The van der Waals surface area contributed by atoms with Crippen LogP contribution in [0.3, 0.4) is 0 Å². The van der Waals surface area contributed by atoms with Crippen molar-refractivity contribution in [2.75, 3.05) is 0 Å². The number of nitrogens with two attached hydrogens (primary N) is 2. The summed E-state index contributed by atoms with van der Waals surface area (Å²) < 4.78 is 0. The van der Waals surface area contributed by atoms with Crippen molar-refractivity contribution in [3.05, 3.63) is 63.7 Å². The molecule has 7 nitrogen and oxygen atoms in total. The van der Waals surface area contributed by atoms with Gasteiger partial charge in [0.25, 0.3) is 5.69 Å². The van der Waals surface area contributed by atoms with E-state index in [2.05, 4.69) is 10.2 Å². The molecule has 0 unspecified atom stereocenters. The van der Waals surface area contributed by atoms with E-state index in [1.165, 1.54) is 12.3 Å². The number of hydrogen-bond donors (Lipinski definition) is 2. The molecule has 2 aromatic rings. The van der Waals surface area contributed by atoms with Gasteiger partial charge < -0.3 is 11.5 Å². The maximum absolute atomic E-state index is 11.1. The minimum atomic E-state index is -0.476. The zero-order valence-corrected chi connectivity index (χ0v) is 11.9. The van der Waals surface area contributed by atoms with Crippen molar-refractivity contribution < 1.29 is 4.92 Å². The van der Waals surface area contributed by atoms with Gasteiger partial charge in [-0.15, -0.1) is 5.10 Å². The van der Waals surface area contributed by atoms with E-state index >= 15 is 0 Å². The number of nitro benzene ring substituents is 1. The first-order valence-electron chi connectivity index (χ1n) is 6.45. The standard InChI is InChI=1S/C15H15N5O2/c1-10-2-4-11(5-3-10)12-6-7-14(20(21)22)13(8-12)9-18-19-15(16)17/h2-9H,1H3,(H4,16,17,19). The normalized spacial score (nSPS) is 10.6. The summed E-state index contributed by atoms with van der Waals surface area (Å²) in [6, 6.07) is 12.7. The quantitative estimate of drug-likeness (QED) is 0.389. The number of hydrogen-bond acceptors (Lipinski definition) is 4. The number of benzene rings is 2. The lowest BCUT2D eigenvalue weighted by Gasteiger charge is -2.04. The SMILES string of the molecule is Cc1ccc(-c2ccc([N+](=O)[O-])c(C=NN=C(N)N)c2)cc1. The van der Waals surface area contributed by atoms with Gasteiger partial charge in [-0.05, 0) is 30.2 Å². The maximum atomic E-state index is 11.1. The lowest BCUT2D eigenvalue weighted by Crippen LogP contribution is -2.21. The molecule has 0 atom stereocenters. The summed E-state index contributed by atoms with van der Waals surface area (Å²) in [6.07, 6.45) is 1.26. The average Bonchev–Trinajstić information content (AvgIpc) is 2.47. The van der Waals surface area contributed by atoms with E-state index in [4.69, 9.17) is 11.5 Å². The van der Waals surface area contributed by atoms with E-state index in [0.29, 0.717) is 5.56 Å². The summed E-state index contributed by atoms with van der Waals surface area (Å²) in [5.41, 5.74) is 13.5. The lowest BCUT2D eigenvalue weighted by molar-refractivity contribution is -0.385.